The van der Waals surface area contributed by atoms with Crippen LogP contribution >= 0.6 is 68.0 Å². The zero-order valence-electron chi connectivity index (χ0n) is 59.4. The summed E-state index contributed by atoms with van der Waals surface area (Å²) in [5, 5.41) is 9.18. The maximum atomic E-state index is 12.2. The fourth-order valence-corrected chi connectivity index (χ4v) is 16.0. The number of rotatable bonds is 19. The molecular weight excluding hydrogens is 1310 g/mol. The molecule has 14 heteroatoms. The standard InChI is InChI=1S/C23H30N2O4.C21H30N2.C14H12S3.C10H10S2.C8H10.C6H8S.CH4/c1-5-6-7-8-19(27)29-14-23(13-28-17(4)26)24-21-15(2)9-11-18-12-10-16(3)22(25-23)20(18)21;1-18-8-12-20(13-9-18)22(3)16-6-5-7-17-23(4)21-14-10-19(2)11-15-21;1-9-3-5-11(15-9)13-7-8-14(17-13)12-6-4-10(2)16-12;1-7-3-5-9(11-7)10-6-4-8(2)12-10;1-7-3-5-8(2)6-4-7;1-5-3-4-6(2)7-5;/h9-12,24-25H,5-8,13-14H2,1-4H3;8-15H,5-7,16-17H2,1-4H3;3-8H,1-2H3;3-6H,1-2H3;3-6H,1-2H3;3-4H,1-2H3;1H4. The predicted octanol–water partition coefficient (Wildman–Crippen LogP) is 24.9. The van der Waals surface area contributed by atoms with E-state index in [2.05, 4.69) is 281 Å². The number of nitrogens with one attached hydrogen (secondary N) is 2. The monoisotopic (exact) mass is 1410 g/mol. The molecule has 0 bridgehead atoms. The molecule has 0 amide bonds. The molecule has 12 rings (SSSR count). The second-order valence-electron chi connectivity index (χ2n) is 25.0. The first-order valence-electron chi connectivity index (χ1n) is 33.3. The van der Waals surface area contributed by atoms with E-state index >= 15 is 0 Å². The van der Waals surface area contributed by atoms with Crippen molar-refractivity contribution in [3.8, 4) is 29.3 Å². The van der Waals surface area contributed by atoms with Gasteiger partial charge in [-0.15, -0.1) is 68.0 Å². The van der Waals surface area contributed by atoms with E-state index in [1.54, 1.807) is 0 Å². The van der Waals surface area contributed by atoms with Crippen molar-refractivity contribution in [2.45, 2.75) is 155 Å². The van der Waals surface area contributed by atoms with Crippen molar-refractivity contribution in [3.63, 3.8) is 0 Å². The smallest absolute Gasteiger partial charge is 0.305 e. The van der Waals surface area contributed by atoms with E-state index in [1.807, 2.05) is 81.9 Å². The lowest BCUT2D eigenvalue weighted by atomic mass is 9.95. The fraction of sp³-hybridized carbons (Fsp3) is 0.349. The lowest BCUT2D eigenvalue weighted by Gasteiger charge is -2.41. The lowest BCUT2D eigenvalue weighted by Crippen LogP contribution is -2.56. The summed E-state index contributed by atoms with van der Waals surface area (Å²) in [5.41, 5.74) is 11.1. The van der Waals surface area contributed by atoms with Crippen LogP contribution < -0.4 is 20.4 Å². The van der Waals surface area contributed by atoms with Crippen LogP contribution in [0.4, 0.5) is 22.7 Å². The number of unbranched alkanes of at least 4 members (excludes halogenated alkanes) is 4. The minimum atomic E-state index is -0.926. The molecule has 1 aliphatic rings. The highest BCUT2D eigenvalue weighted by Gasteiger charge is 2.39. The van der Waals surface area contributed by atoms with Crippen LogP contribution in [0.3, 0.4) is 0 Å². The second-order valence-corrected chi connectivity index (χ2v) is 32.8. The number of esters is 2. The molecule has 0 atom stereocenters. The molecule has 7 heterocycles. The van der Waals surface area contributed by atoms with Gasteiger partial charge in [0.05, 0.1) is 0 Å². The number of hydrogen-bond donors (Lipinski definition) is 2. The van der Waals surface area contributed by atoms with Crippen LogP contribution in [0.2, 0.25) is 0 Å². The Bertz CT molecular complexity index is 3910. The first kappa shape index (κ1) is 78.7. The molecule has 516 valence electrons. The van der Waals surface area contributed by atoms with Crippen LogP contribution in [0.5, 0.6) is 0 Å². The summed E-state index contributed by atoms with van der Waals surface area (Å²) >= 11 is 11.2. The number of carbonyl (C=O) groups is 2. The summed E-state index contributed by atoms with van der Waals surface area (Å²) in [6, 6.07) is 60.7. The molecule has 6 aromatic heterocycles. The van der Waals surface area contributed by atoms with E-state index in [4.69, 9.17) is 9.47 Å². The number of anilines is 4. The number of thiophene rings is 6. The summed E-state index contributed by atoms with van der Waals surface area (Å²) in [6.07, 6.45) is 7.00. The molecule has 11 aromatic rings. The molecule has 0 spiro atoms. The van der Waals surface area contributed by atoms with E-state index in [9.17, 15) is 9.59 Å². The van der Waals surface area contributed by atoms with Gasteiger partial charge in [-0.2, -0.15) is 0 Å². The van der Waals surface area contributed by atoms with E-state index < -0.39 is 5.66 Å². The molecule has 0 aliphatic carbocycles. The molecular formula is C83H104N4O4S6. The Morgan fingerprint density at radius 1 is 0.392 bits per heavy atom. The Hall–Kier alpha value is -7.30. The summed E-state index contributed by atoms with van der Waals surface area (Å²) < 4.78 is 11.0. The molecule has 5 aromatic carbocycles. The number of benzene rings is 5. The first-order valence-corrected chi connectivity index (χ1v) is 38.2. The zero-order valence-corrected chi connectivity index (χ0v) is 64.3. The van der Waals surface area contributed by atoms with E-state index in [-0.39, 0.29) is 32.6 Å². The highest BCUT2D eigenvalue weighted by atomic mass is 32.1. The van der Waals surface area contributed by atoms with Gasteiger partial charge in [-0.1, -0.05) is 122 Å². The number of carbonyl (C=O) groups excluding carboxylic acids is 2. The van der Waals surface area contributed by atoms with Crippen molar-refractivity contribution in [1.82, 2.24) is 0 Å². The largest absolute Gasteiger partial charge is 0.461 e. The molecule has 0 radical (unpaired) electrons. The van der Waals surface area contributed by atoms with Gasteiger partial charge in [0.15, 0.2) is 5.66 Å². The Morgan fingerprint density at radius 2 is 0.722 bits per heavy atom. The molecule has 0 saturated carbocycles. The van der Waals surface area contributed by atoms with Gasteiger partial charge in [-0.05, 0) is 222 Å². The number of nitrogens with zero attached hydrogens (tertiary/aromatic N) is 2. The van der Waals surface area contributed by atoms with Crippen LogP contribution in [-0.2, 0) is 19.1 Å². The lowest BCUT2D eigenvalue weighted by molar-refractivity contribution is -0.147. The highest BCUT2D eigenvalue weighted by molar-refractivity contribution is 7.26. The minimum absolute atomic E-state index is 0. The van der Waals surface area contributed by atoms with Crippen molar-refractivity contribution < 1.29 is 19.1 Å². The summed E-state index contributed by atoms with van der Waals surface area (Å²) in [6.45, 7) is 31.2. The molecule has 0 unspecified atom stereocenters. The van der Waals surface area contributed by atoms with Gasteiger partial charge >= 0.3 is 11.9 Å². The van der Waals surface area contributed by atoms with E-state index in [0.29, 0.717) is 6.42 Å². The van der Waals surface area contributed by atoms with Crippen LogP contribution in [0.25, 0.3) is 40.0 Å². The van der Waals surface area contributed by atoms with Crippen molar-refractivity contribution in [1.29, 1.82) is 0 Å². The number of ether oxygens (including phenoxy) is 2. The van der Waals surface area contributed by atoms with Crippen LogP contribution in [0, 0.1) is 83.1 Å². The van der Waals surface area contributed by atoms with Crippen LogP contribution in [0.15, 0.2) is 170 Å². The molecule has 1 aliphatic heterocycles. The van der Waals surface area contributed by atoms with Crippen molar-refractivity contribution in [2.24, 2.45) is 0 Å². The molecule has 2 N–H and O–H groups in total. The number of hydrogen-bond acceptors (Lipinski definition) is 14. The average molecular weight is 1410 g/mol. The molecule has 8 nitrogen and oxygen atoms in total. The minimum Gasteiger partial charge on any atom is -0.461 e. The third-order valence-corrected chi connectivity index (χ3v) is 22.7. The third-order valence-electron chi connectivity index (χ3n) is 16.1. The normalized spacial score (nSPS) is 11.4. The van der Waals surface area contributed by atoms with Gasteiger partial charge in [-0.3, -0.25) is 9.59 Å². The van der Waals surface area contributed by atoms with Crippen molar-refractivity contribution >= 4 is 113 Å². The molecule has 0 fully saturated rings. The Kier molecular flexibility index (Phi) is 31.9. The Balaban J connectivity index is 0.000000195. The van der Waals surface area contributed by atoms with Crippen LogP contribution in [0.1, 0.15) is 129 Å². The van der Waals surface area contributed by atoms with Gasteiger partial charge in [0.2, 0.25) is 0 Å². The predicted molar refractivity (Wildman–Crippen MR) is 432 cm³/mol. The van der Waals surface area contributed by atoms with Gasteiger partial charge in [0.25, 0.3) is 0 Å². The zero-order chi connectivity index (χ0) is 69.3. The maximum absolute atomic E-state index is 12.2. The molecule has 0 saturated heterocycles. The number of aryl methyl sites for hydroxylation is 12. The summed E-state index contributed by atoms with van der Waals surface area (Å²) in [4.78, 5) is 45.1. The second kappa shape index (κ2) is 39.3. The van der Waals surface area contributed by atoms with Crippen molar-refractivity contribution in [3.05, 3.63) is 233 Å². The first-order chi connectivity index (χ1) is 46.0. The maximum Gasteiger partial charge on any atom is 0.305 e. The SMILES string of the molecule is C.CCCCCC(=O)OCC1(COC(C)=O)Nc2c(C)ccc3ccc(C)c(c23)N1.Cc1ccc(-c2ccc(-c3ccc(C)s3)s2)s1.Cc1ccc(-c2ccc(C)s2)s1.Cc1ccc(C)cc1.Cc1ccc(C)s1.Cc1ccc(N(C)CCCCCN(C)c2ccc(C)cc2)cc1. The topological polar surface area (TPSA) is 83.1 Å². The Morgan fingerprint density at radius 3 is 1.05 bits per heavy atom. The molecule has 97 heavy (non-hydrogen) atoms. The fourth-order valence-electron chi connectivity index (χ4n) is 10.5. The van der Waals surface area contributed by atoms with E-state index in [0.717, 1.165) is 65.6 Å². The third kappa shape index (κ3) is 25.5. The van der Waals surface area contributed by atoms with Gasteiger partial charge in [0, 0.05) is 127 Å². The Labute approximate surface area is 605 Å². The quantitative estimate of drug-likeness (QED) is 0.0612. The van der Waals surface area contributed by atoms with Crippen LogP contribution in [-0.4, -0.2) is 58.0 Å². The van der Waals surface area contributed by atoms with E-state index in [1.165, 1.54) is 118 Å². The van der Waals surface area contributed by atoms with Gasteiger partial charge < -0.3 is 29.9 Å². The van der Waals surface area contributed by atoms with Gasteiger partial charge in [-0.25, -0.2) is 0 Å². The summed E-state index contributed by atoms with van der Waals surface area (Å²) in [7, 11) is 4.37. The van der Waals surface area contributed by atoms with Gasteiger partial charge in [0.1, 0.15) is 13.2 Å². The average Bonchev–Trinajstić information content (AvgIpc) is 1.36. The summed E-state index contributed by atoms with van der Waals surface area (Å²) in [5.74, 6) is -0.623. The van der Waals surface area contributed by atoms with Crippen molar-refractivity contribution in [2.75, 3.05) is 60.8 Å². The highest BCUT2D eigenvalue weighted by Crippen LogP contribution is 2.43.